The van der Waals surface area contributed by atoms with Gasteiger partial charge in [-0.05, 0) is 6.42 Å². The average Bonchev–Trinajstić information content (AvgIpc) is 2.18. The second kappa shape index (κ2) is 5.52. The minimum Gasteiger partial charge on any atom is -0.392 e. The molecule has 0 aliphatic carbocycles. The van der Waals surface area contributed by atoms with Crippen LogP contribution in [0.3, 0.4) is 0 Å². The molecule has 94 valence electrons. The first-order valence-electron chi connectivity index (χ1n) is 5.02. The van der Waals surface area contributed by atoms with Crippen LogP contribution in [0.25, 0.3) is 0 Å². The van der Waals surface area contributed by atoms with Gasteiger partial charge in [0.2, 0.25) is 10.0 Å². The molecule has 0 aromatic rings. The molecule has 1 saturated heterocycles. The Morgan fingerprint density at radius 3 is 2.38 bits per heavy atom. The van der Waals surface area contributed by atoms with Gasteiger partial charge in [-0.2, -0.15) is 4.31 Å². The first kappa shape index (κ1) is 14.0. The fourth-order valence-electron chi connectivity index (χ4n) is 1.61. The van der Waals surface area contributed by atoms with Crippen molar-refractivity contribution in [1.82, 2.24) is 4.31 Å². The largest absolute Gasteiger partial charge is 0.392 e. The van der Waals surface area contributed by atoms with Crippen LogP contribution in [-0.2, 0) is 20.8 Å². The summed E-state index contributed by atoms with van der Waals surface area (Å²) >= 11 is 4.77. The van der Waals surface area contributed by atoms with E-state index in [2.05, 4.69) is 0 Å². The molecule has 5 nitrogen and oxygen atoms in total. The number of thiocarbonyl (C=S) groups is 1. The van der Waals surface area contributed by atoms with Gasteiger partial charge in [0.25, 0.3) is 0 Å². The molecule has 1 aliphatic heterocycles. The summed E-state index contributed by atoms with van der Waals surface area (Å²) in [7, 11) is -4.36. The van der Waals surface area contributed by atoms with Gasteiger partial charge < -0.3 is 5.73 Å². The Balaban J connectivity index is 2.84. The molecule has 1 atom stereocenters. The van der Waals surface area contributed by atoms with Crippen LogP contribution in [0.2, 0.25) is 0 Å². The van der Waals surface area contributed by atoms with Crippen LogP contribution in [0.15, 0.2) is 0 Å². The molecule has 0 bridgehead atoms. The summed E-state index contributed by atoms with van der Waals surface area (Å²) in [4.78, 5) is 0.00851. The monoisotopic (exact) mass is 284 g/mol. The quantitative estimate of drug-likeness (QED) is 0.700. The summed E-state index contributed by atoms with van der Waals surface area (Å²) in [6.07, 6.45) is 0.372. The Bertz CT molecular complexity index is 383. The molecule has 0 aromatic carbocycles. The SMILES string of the molecule is CCC(C(N)=S)S(=O)(=O)N1CCS(=O)CC1. The molecule has 1 heterocycles. The van der Waals surface area contributed by atoms with E-state index in [0.717, 1.165) is 0 Å². The van der Waals surface area contributed by atoms with E-state index in [1.165, 1.54) is 4.31 Å². The topological polar surface area (TPSA) is 80.5 Å². The van der Waals surface area contributed by atoms with Gasteiger partial charge in [0.15, 0.2) is 0 Å². The lowest BCUT2D eigenvalue weighted by molar-refractivity contribution is 0.434. The molecule has 1 fully saturated rings. The van der Waals surface area contributed by atoms with Crippen molar-refractivity contribution in [2.45, 2.75) is 18.6 Å². The highest BCUT2D eigenvalue weighted by atomic mass is 32.2. The first-order chi connectivity index (χ1) is 7.39. The average molecular weight is 284 g/mol. The summed E-state index contributed by atoms with van der Waals surface area (Å²) in [5.74, 6) is 0.792. The molecular formula is C8H16N2O3S3. The van der Waals surface area contributed by atoms with Crippen molar-refractivity contribution in [3.63, 3.8) is 0 Å². The Kier molecular flexibility index (Phi) is 4.84. The van der Waals surface area contributed by atoms with E-state index in [1.807, 2.05) is 0 Å². The van der Waals surface area contributed by atoms with Gasteiger partial charge in [0.1, 0.15) is 5.25 Å². The minimum absolute atomic E-state index is 0.00851. The molecule has 0 amide bonds. The van der Waals surface area contributed by atoms with E-state index < -0.39 is 26.1 Å². The van der Waals surface area contributed by atoms with Crippen molar-refractivity contribution >= 4 is 38.0 Å². The van der Waals surface area contributed by atoms with Crippen LogP contribution in [0.4, 0.5) is 0 Å². The maximum Gasteiger partial charge on any atom is 0.223 e. The van der Waals surface area contributed by atoms with Crippen LogP contribution in [0, 0.1) is 0 Å². The molecule has 8 heteroatoms. The van der Waals surface area contributed by atoms with Gasteiger partial charge in [0.05, 0.1) is 4.99 Å². The molecule has 0 radical (unpaired) electrons. The van der Waals surface area contributed by atoms with Crippen LogP contribution >= 0.6 is 12.2 Å². The van der Waals surface area contributed by atoms with Crippen molar-refractivity contribution < 1.29 is 12.6 Å². The molecule has 1 rings (SSSR count). The van der Waals surface area contributed by atoms with E-state index in [1.54, 1.807) is 6.92 Å². The smallest absolute Gasteiger partial charge is 0.223 e. The van der Waals surface area contributed by atoms with Gasteiger partial charge in [-0.25, -0.2) is 8.42 Å². The Morgan fingerprint density at radius 2 is 2.00 bits per heavy atom. The van der Waals surface area contributed by atoms with Crippen LogP contribution in [-0.4, -0.2) is 51.8 Å². The molecule has 16 heavy (non-hydrogen) atoms. The highest BCUT2D eigenvalue weighted by Crippen LogP contribution is 2.15. The lowest BCUT2D eigenvalue weighted by atomic mass is 10.3. The Labute approximate surface area is 104 Å². The van der Waals surface area contributed by atoms with Crippen molar-refractivity contribution in [1.29, 1.82) is 0 Å². The first-order valence-corrected chi connectivity index (χ1v) is 8.42. The molecule has 0 saturated carbocycles. The fourth-order valence-corrected chi connectivity index (χ4v) is 5.20. The summed E-state index contributed by atoms with van der Waals surface area (Å²) in [5.41, 5.74) is 5.43. The van der Waals surface area contributed by atoms with E-state index in [9.17, 15) is 12.6 Å². The fraction of sp³-hybridized carbons (Fsp3) is 0.875. The third-order valence-electron chi connectivity index (χ3n) is 2.54. The molecule has 0 aromatic heterocycles. The van der Waals surface area contributed by atoms with Gasteiger partial charge in [-0.1, -0.05) is 19.1 Å². The van der Waals surface area contributed by atoms with E-state index in [-0.39, 0.29) is 4.99 Å². The second-order valence-corrected chi connectivity index (χ2v) is 7.87. The third-order valence-corrected chi connectivity index (χ3v) is 6.65. The number of nitrogens with zero attached hydrogens (tertiary/aromatic N) is 1. The van der Waals surface area contributed by atoms with E-state index in [4.69, 9.17) is 18.0 Å². The lowest BCUT2D eigenvalue weighted by Crippen LogP contribution is -2.49. The number of sulfonamides is 1. The summed E-state index contributed by atoms with van der Waals surface area (Å²) < 4.78 is 36.7. The predicted molar refractivity (Wildman–Crippen MR) is 69.2 cm³/mol. The van der Waals surface area contributed by atoms with E-state index in [0.29, 0.717) is 31.0 Å². The van der Waals surface area contributed by atoms with Crippen molar-refractivity contribution in [2.24, 2.45) is 5.73 Å². The summed E-state index contributed by atoms with van der Waals surface area (Å²) in [6, 6.07) is 0. The number of hydrogen-bond acceptors (Lipinski definition) is 4. The zero-order valence-corrected chi connectivity index (χ0v) is 11.5. The second-order valence-electron chi connectivity index (χ2n) is 3.59. The number of rotatable bonds is 4. The Morgan fingerprint density at radius 1 is 1.50 bits per heavy atom. The van der Waals surface area contributed by atoms with Crippen molar-refractivity contribution in [3.8, 4) is 0 Å². The molecule has 1 unspecified atom stereocenters. The van der Waals surface area contributed by atoms with Gasteiger partial charge >= 0.3 is 0 Å². The predicted octanol–water partition coefficient (Wildman–Crippen LogP) is -0.555. The highest BCUT2D eigenvalue weighted by Gasteiger charge is 2.34. The van der Waals surface area contributed by atoms with Crippen LogP contribution < -0.4 is 5.73 Å². The van der Waals surface area contributed by atoms with Gasteiger partial charge in [-0.15, -0.1) is 0 Å². The van der Waals surface area contributed by atoms with Crippen molar-refractivity contribution in [2.75, 3.05) is 24.6 Å². The van der Waals surface area contributed by atoms with E-state index >= 15 is 0 Å². The normalized spacial score (nSPS) is 21.8. The minimum atomic E-state index is -3.46. The highest BCUT2D eigenvalue weighted by molar-refractivity contribution is 7.93. The summed E-state index contributed by atoms with van der Waals surface area (Å²) in [6.45, 7) is 2.34. The third kappa shape index (κ3) is 2.99. The molecule has 1 aliphatic rings. The maximum atomic E-state index is 12.1. The molecular weight excluding hydrogens is 268 g/mol. The van der Waals surface area contributed by atoms with Crippen LogP contribution in [0.1, 0.15) is 13.3 Å². The Hall–Kier alpha value is -0.0500. The van der Waals surface area contributed by atoms with Crippen LogP contribution in [0.5, 0.6) is 0 Å². The summed E-state index contributed by atoms with van der Waals surface area (Å²) in [5, 5.41) is -0.797. The zero-order valence-electron chi connectivity index (χ0n) is 9.09. The maximum absolute atomic E-state index is 12.1. The molecule has 0 spiro atoms. The van der Waals surface area contributed by atoms with Gasteiger partial charge in [-0.3, -0.25) is 4.21 Å². The zero-order chi connectivity index (χ0) is 12.3. The number of hydrogen-bond donors (Lipinski definition) is 1. The number of nitrogens with two attached hydrogens (primary N) is 1. The van der Waals surface area contributed by atoms with Crippen molar-refractivity contribution in [3.05, 3.63) is 0 Å². The molecule has 2 N–H and O–H groups in total. The van der Waals surface area contributed by atoms with Gasteiger partial charge in [0, 0.05) is 35.4 Å². The lowest BCUT2D eigenvalue weighted by Gasteiger charge is -2.29. The standard InChI is InChI=1S/C8H16N2O3S3/c1-2-7(8(9)14)16(12,13)10-3-5-15(11)6-4-10/h7H,2-6H2,1H3,(H2,9,14).